The molecule has 0 aromatic heterocycles. The standard InChI is InChI=1S/C15H17ClO3/c1-7-4-8-9(5-15(2,3)13(8)17)12-11(7)10(6-16)19-14(12)18/h4,10,13,17H,5-6H2,1-3H3/t10?,13-/m1/s1. The molecule has 1 aromatic rings. The third-order valence-corrected chi connectivity index (χ3v) is 4.58. The largest absolute Gasteiger partial charge is 0.453 e. The number of aryl methyl sites for hydroxylation is 1. The third-order valence-electron chi connectivity index (χ3n) is 4.30. The van der Waals surface area contributed by atoms with Crippen molar-refractivity contribution >= 4 is 17.6 Å². The van der Waals surface area contributed by atoms with Crippen molar-refractivity contribution in [1.82, 2.24) is 0 Å². The number of cyclic esters (lactones) is 1. The van der Waals surface area contributed by atoms with E-state index in [4.69, 9.17) is 16.3 Å². The third kappa shape index (κ3) is 1.65. The fraction of sp³-hybridized carbons (Fsp3) is 0.533. The van der Waals surface area contributed by atoms with E-state index in [0.29, 0.717) is 12.0 Å². The molecule has 1 N–H and O–H groups in total. The average molecular weight is 281 g/mol. The summed E-state index contributed by atoms with van der Waals surface area (Å²) in [6.07, 6.45) is -0.194. The monoisotopic (exact) mass is 280 g/mol. The lowest BCUT2D eigenvalue weighted by molar-refractivity contribution is 0.0425. The molecule has 2 aliphatic rings. The summed E-state index contributed by atoms with van der Waals surface area (Å²) in [6.45, 7) is 5.97. The van der Waals surface area contributed by atoms with Crippen molar-refractivity contribution < 1.29 is 14.6 Å². The topological polar surface area (TPSA) is 46.5 Å². The molecule has 1 aliphatic heterocycles. The maximum Gasteiger partial charge on any atom is 0.339 e. The van der Waals surface area contributed by atoms with Crippen molar-refractivity contribution in [2.45, 2.75) is 39.4 Å². The first-order valence-electron chi connectivity index (χ1n) is 6.48. The highest BCUT2D eigenvalue weighted by atomic mass is 35.5. The van der Waals surface area contributed by atoms with Gasteiger partial charge in [-0.25, -0.2) is 4.79 Å². The number of aliphatic hydroxyl groups is 1. The van der Waals surface area contributed by atoms with E-state index in [9.17, 15) is 9.90 Å². The molecule has 1 aliphatic carbocycles. The van der Waals surface area contributed by atoms with E-state index < -0.39 is 6.10 Å². The summed E-state index contributed by atoms with van der Waals surface area (Å²) >= 11 is 5.88. The summed E-state index contributed by atoms with van der Waals surface area (Å²) in [5.74, 6) is -0.0323. The van der Waals surface area contributed by atoms with Gasteiger partial charge in [-0.1, -0.05) is 19.9 Å². The zero-order valence-corrected chi connectivity index (χ0v) is 12.0. The van der Waals surface area contributed by atoms with Crippen molar-refractivity contribution in [3.8, 4) is 0 Å². The van der Waals surface area contributed by atoms with Gasteiger partial charge in [0, 0.05) is 5.56 Å². The molecule has 0 amide bonds. The molecule has 3 rings (SSSR count). The number of halogens is 1. The molecular weight excluding hydrogens is 264 g/mol. The molecule has 0 spiro atoms. The van der Waals surface area contributed by atoms with Gasteiger partial charge in [0.1, 0.15) is 6.10 Å². The quantitative estimate of drug-likeness (QED) is 0.635. The number of benzene rings is 1. The highest BCUT2D eigenvalue weighted by Crippen LogP contribution is 2.50. The molecule has 19 heavy (non-hydrogen) atoms. The van der Waals surface area contributed by atoms with Crippen LogP contribution in [0, 0.1) is 12.3 Å². The molecule has 0 saturated heterocycles. The Labute approximate surface area is 117 Å². The van der Waals surface area contributed by atoms with Gasteiger partial charge in [-0.05, 0) is 35.4 Å². The van der Waals surface area contributed by atoms with Crippen molar-refractivity contribution in [1.29, 1.82) is 0 Å². The van der Waals surface area contributed by atoms with Crippen LogP contribution in [-0.4, -0.2) is 17.0 Å². The summed E-state index contributed by atoms with van der Waals surface area (Å²) in [6, 6.07) is 1.98. The van der Waals surface area contributed by atoms with Crippen LogP contribution in [0.4, 0.5) is 0 Å². The van der Waals surface area contributed by atoms with Gasteiger partial charge in [-0.15, -0.1) is 11.6 Å². The summed E-state index contributed by atoms with van der Waals surface area (Å²) in [5, 5.41) is 10.4. The first-order valence-corrected chi connectivity index (χ1v) is 7.01. The smallest absolute Gasteiger partial charge is 0.339 e. The molecule has 2 atom stereocenters. The van der Waals surface area contributed by atoms with Crippen molar-refractivity contribution in [2.75, 3.05) is 5.88 Å². The number of hydrogen-bond donors (Lipinski definition) is 1. The summed E-state index contributed by atoms with van der Waals surface area (Å²) in [7, 11) is 0. The predicted octanol–water partition coefficient (Wildman–Crippen LogP) is 3.06. The number of carbonyl (C=O) groups excluding carboxylic acids is 1. The summed E-state index contributed by atoms with van der Waals surface area (Å²) in [5.41, 5.74) is 4.09. The Morgan fingerprint density at radius 2 is 2.21 bits per heavy atom. The molecule has 0 fully saturated rings. The molecule has 0 radical (unpaired) electrons. The number of rotatable bonds is 1. The number of ether oxygens (including phenoxy) is 1. The fourth-order valence-corrected chi connectivity index (χ4v) is 3.53. The number of alkyl halides is 1. The van der Waals surface area contributed by atoms with Gasteiger partial charge < -0.3 is 9.84 Å². The minimum absolute atomic E-state index is 0.247. The second-order valence-corrected chi connectivity index (χ2v) is 6.47. The van der Waals surface area contributed by atoms with E-state index in [-0.39, 0.29) is 23.4 Å². The van der Waals surface area contributed by atoms with Gasteiger partial charge in [-0.2, -0.15) is 0 Å². The minimum Gasteiger partial charge on any atom is -0.453 e. The van der Waals surface area contributed by atoms with E-state index in [1.54, 1.807) is 0 Å². The number of esters is 1. The molecule has 1 unspecified atom stereocenters. The van der Waals surface area contributed by atoms with Crippen LogP contribution in [0.5, 0.6) is 0 Å². The van der Waals surface area contributed by atoms with Crippen LogP contribution in [0.1, 0.15) is 58.7 Å². The van der Waals surface area contributed by atoms with E-state index in [1.807, 2.05) is 26.8 Å². The number of fused-ring (bicyclic) bond motifs is 3. The van der Waals surface area contributed by atoms with Crippen molar-refractivity contribution in [3.05, 3.63) is 33.9 Å². The zero-order chi connectivity index (χ0) is 13.9. The molecular formula is C15H17ClO3. The second kappa shape index (κ2) is 3.97. The van der Waals surface area contributed by atoms with Crippen LogP contribution in [0.25, 0.3) is 0 Å². The van der Waals surface area contributed by atoms with Crippen molar-refractivity contribution in [2.24, 2.45) is 5.41 Å². The van der Waals surface area contributed by atoms with Gasteiger partial charge in [0.2, 0.25) is 0 Å². The number of carbonyl (C=O) groups is 1. The van der Waals surface area contributed by atoms with Gasteiger partial charge >= 0.3 is 5.97 Å². The van der Waals surface area contributed by atoms with Crippen LogP contribution >= 0.6 is 11.6 Å². The molecule has 1 heterocycles. The Hall–Kier alpha value is -1.06. The van der Waals surface area contributed by atoms with Gasteiger partial charge in [0.05, 0.1) is 17.5 Å². The Kier molecular flexibility index (Phi) is 2.70. The summed E-state index contributed by atoms with van der Waals surface area (Å²) in [4.78, 5) is 12.1. The second-order valence-electron chi connectivity index (χ2n) is 6.17. The Bertz CT molecular complexity index is 577. The van der Waals surface area contributed by atoms with Crippen LogP contribution in [0.2, 0.25) is 0 Å². The Balaban J connectivity index is 2.26. The normalized spacial score (nSPS) is 27.1. The van der Waals surface area contributed by atoms with E-state index in [2.05, 4.69) is 0 Å². The van der Waals surface area contributed by atoms with E-state index in [0.717, 1.165) is 22.3 Å². The maximum absolute atomic E-state index is 12.1. The number of aliphatic hydroxyl groups excluding tert-OH is 1. The number of hydrogen-bond acceptors (Lipinski definition) is 3. The highest BCUT2D eigenvalue weighted by Gasteiger charge is 2.44. The Morgan fingerprint density at radius 1 is 1.53 bits per heavy atom. The van der Waals surface area contributed by atoms with Crippen LogP contribution in [0.15, 0.2) is 6.07 Å². The van der Waals surface area contributed by atoms with Crippen LogP contribution < -0.4 is 0 Å². The predicted molar refractivity (Wildman–Crippen MR) is 72.5 cm³/mol. The lowest BCUT2D eigenvalue weighted by Gasteiger charge is -2.22. The Morgan fingerprint density at radius 3 is 2.84 bits per heavy atom. The minimum atomic E-state index is -0.533. The fourth-order valence-electron chi connectivity index (χ4n) is 3.31. The average Bonchev–Trinajstić information content (AvgIpc) is 2.79. The van der Waals surface area contributed by atoms with Gasteiger partial charge in [0.25, 0.3) is 0 Å². The first-order chi connectivity index (χ1) is 8.86. The first kappa shape index (κ1) is 12.9. The summed E-state index contributed by atoms with van der Waals surface area (Å²) < 4.78 is 5.34. The highest BCUT2D eigenvalue weighted by molar-refractivity contribution is 6.18. The van der Waals surface area contributed by atoms with Crippen LogP contribution in [-0.2, 0) is 11.2 Å². The van der Waals surface area contributed by atoms with Crippen LogP contribution in [0.3, 0.4) is 0 Å². The maximum atomic E-state index is 12.1. The lowest BCUT2D eigenvalue weighted by atomic mass is 9.87. The molecule has 102 valence electrons. The molecule has 3 nitrogen and oxygen atoms in total. The van der Waals surface area contributed by atoms with E-state index >= 15 is 0 Å². The molecule has 1 aromatic carbocycles. The zero-order valence-electron chi connectivity index (χ0n) is 11.3. The SMILES string of the molecule is Cc1cc2c(c3c1C(CCl)OC3=O)CC(C)(C)[C@@H]2O. The van der Waals surface area contributed by atoms with E-state index in [1.165, 1.54) is 0 Å². The molecule has 0 saturated carbocycles. The molecule has 0 bridgehead atoms. The van der Waals surface area contributed by atoms with Gasteiger partial charge in [0.15, 0.2) is 0 Å². The molecule has 4 heteroatoms. The van der Waals surface area contributed by atoms with Gasteiger partial charge in [-0.3, -0.25) is 0 Å². The lowest BCUT2D eigenvalue weighted by Crippen LogP contribution is -2.16. The van der Waals surface area contributed by atoms with Crippen molar-refractivity contribution in [3.63, 3.8) is 0 Å².